The van der Waals surface area contributed by atoms with E-state index in [-0.39, 0.29) is 42.7 Å². The lowest BCUT2D eigenvalue weighted by Crippen LogP contribution is -2.55. The molecule has 278 valence electrons. The number of carboxylic acids is 1. The number of quaternary nitrogens is 1. The highest BCUT2D eigenvalue weighted by atomic mass is 16.6. The predicted molar refractivity (Wildman–Crippen MR) is 190 cm³/mol. The Morgan fingerprint density at radius 1 is 0.553 bits per heavy atom. The summed E-state index contributed by atoms with van der Waals surface area (Å²) in [6.45, 7) is 4.51. The Hall–Kier alpha value is -1.67. The molecule has 0 fully saturated rings. The van der Waals surface area contributed by atoms with Gasteiger partial charge in [-0.25, -0.2) is 0 Å². The zero-order chi connectivity index (χ0) is 35.0. The number of carbonyl (C=O) groups is 3. The predicted octanol–water partition coefficient (Wildman–Crippen LogP) is 8.47. The molecule has 0 amide bonds. The molecule has 8 nitrogen and oxygen atoms in total. The molecule has 2 atom stereocenters. The average Bonchev–Trinajstić information content (AvgIpc) is 3.01. The van der Waals surface area contributed by atoms with Crippen LogP contribution in [0, 0.1) is 0 Å². The summed E-state index contributed by atoms with van der Waals surface area (Å²) in [6, 6.07) is -0.716. The van der Waals surface area contributed by atoms with E-state index in [4.69, 9.17) is 14.2 Å². The number of rotatable bonds is 35. The van der Waals surface area contributed by atoms with Gasteiger partial charge >= 0.3 is 11.9 Å². The highest BCUT2D eigenvalue weighted by Gasteiger charge is 2.25. The Morgan fingerprint density at radius 2 is 0.936 bits per heavy atom. The molecule has 8 heteroatoms. The molecule has 0 aromatic carbocycles. The van der Waals surface area contributed by atoms with E-state index in [1.54, 1.807) is 21.1 Å². The van der Waals surface area contributed by atoms with Crippen molar-refractivity contribution < 1.29 is 38.2 Å². The number of hydrogen-bond acceptors (Lipinski definition) is 7. The van der Waals surface area contributed by atoms with Gasteiger partial charge in [-0.3, -0.25) is 9.59 Å². The molecule has 0 aliphatic carbocycles. The first-order valence-corrected chi connectivity index (χ1v) is 19.6. The molecular formula is C39H75NO7. The van der Waals surface area contributed by atoms with Crippen molar-refractivity contribution in [3.8, 4) is 0 Å². The quantitative estimate of drug-likeness (QED) is 0.0379. The van der Waals surface area contributed by atoms with Crippen molar-refractivity contribution in [1.82, 2.24) is 0 Å². The Kier molecular flexibility index (Phi) is 30.5. The average molecular weight is 670 g/mol. The van der Waals surface area contributed by atoms with Crippen LogP contribution in [0.2, 0.25) is 0 Å². The third-order valence-electron chi connectivity index (χ3n) is 8.99. The fourth-order valence-electron chi connectivity index (χ4n) is 5.89. The summed E-state index contributed by atoms with van der Waals surface area (Å²) in [4.78, 5) is 36.2. The summed E-state index contributed by atoms with van der Waals surface area (Å²) >= 11 is 0. The third kappa shape index (κ3) is 30.1. The lowest BCUT2D eigenvalue weighted by molar-refractivity contribution is -0.889. The normalized spacial score (nSPS) is 13.0. The maximum atomic E-state index is 12.6. The Bertz CT molecular complexity index is 752. The summed E-state index contributed by atoms with van der Waals surface area (Å²) in [6.07, 6.45) is 29.2. The molecule has 0 spiro atoms. The molecule has 0 bridgehead atoms. The van der Waals surface area contributed by atoms with Crippen molar-refractivity contribution in [2.45, 2.75) is 193 Å². The van der Waals surface area contributed by atoms with E-state index in [2.05, 4.69) is 13.8 Å². The minimum Gasteiger partial charge on any atom is -0.544 e. The van der Waals surface area contributed by atoms with Gasteiger partial charge in [-0.2, -0.15) is 0 Å². The topological polar surface area (TPSA) is 102 Å². The van der Waals surface area contributed by atoms with Crippen LogP contribution in [0.25, 0.3) is 0 Å². The SMILES string of the molecule is CCCCCCCCCCCCCCCCCCCCCCC(=O)OC(COCCC(C(=O)[O-])[N+](C)(C)C)COC(=O)CCCCC. The van der Waals surface area contributed by atoms with Gasteiger partial charge in [0, 0.05) is 19.3 Å². The van der Waals surface area contributed by atoms with Gasteiger partial charge in [-0.15, -0.1) is 0 Å². The van der Waals surface area contributed by atoms with Gasteiger partial charge in [0.2, 0.25) is 0 Å². The first-order chi connectivity index (χ1) is 22.6. The molecule has 0 aliphatic rings. The van der Waals surface area contributed by atoms with E-state index in [1.807, 2.05) is 0 Å². The molecule has 0 radical (unpaired) electrons. The van der Waals surface area contributed by atoms with Gasteiger partial charge in [-0.1, -0.05) is 149 Å². The zero-order valence-electron chi connectivity index (χ0n) is 31.5. The smallest absolute Gasteiger partial charge is 0.306 e. The molecule has 0 rings (SSSR count). The Morgan fingerprint density at radius 3 is 1.36 bits per heavy atom. The monoisotopic (exact) mass is 670 g/mol. The summed E-state index contributed by atoms with van der Waals surface area (Å²) < 4.78 is 16.9. The number of hydrogen-bond donors (Lipinski definition) is 0. The second-order valence-electron chi connectivity index (χ2n) is 14.5. The molecule has 0 heterocycles. The van der Waals surface area contributed by atoms with Crippen LogP contribution in [0.1, 0.15) is 181 Å². The lowest BCUT2D eigenvalue weighted by Gasteiger charge is -2.34. The zero-order valence-corrected chi connectivity index (χ0v) is 31.5. The van der Waals surface area contributed by atoms with Crippen LogP contribution in [-0.4, -0.2) is 75.5 Å². The maximum absolute atomic E-state index is 12.6. The summed E-state index contributed by atoms with van der Waals surface area (Å²) in [5.74, 6) is -1.75. The summed E-state index contributed by atoms with van der Waals surface area (Å²) in [5, 5.41) is 11.5. The number of esters is 2. The van der Waals surface area contributed by atoms with Crippen LogP contribution in [0.4, 0.5) is 0 Å². The Labute approximate surface area is 289 Å². The highest BCUT2D eigenvalue weighted by Crippen LogP contribution is 2.16. The van der Waals surface area contributed by atoms with Crippen molar-refractivity contribution in [2.75, 3.05) is 41.0 Å². The number of ether oxygens (including phenoxy) is 3. The van der Waals surface area contributed by atoms with Gasteiger partial charge in [0.05, 0.1) is 40.3 Å². The van der Waals surface area contributed by atoms with Gasteiger partial charge in [0.25, 0.3) is 0 Å². The molecular weight excluding hydrogens is 594 g/mol. The van der Waals surface area contributed by atoms with Crippen molar-refractivity contribution in [3.63, 3.8) is 0 Å². The fraction of sp³-hybridized carbons (Fsp3) is 0.923. The standard InChI is InChI=1S/C39H75NO7/c1-6-8-10-11-12-13-14-15-16-17-18-19-20-21-22-23-24-25-26-28-30-38(42)47-35(34-46-37(41)29-27-9-7-2)33-45-32-31-36(39(43)44)40(3,4)5/h35-36H,6-34H2,1-5H3. The third-order valence-corrected chi connectivity index (χ3v) is 8.99. The van der Waals surface area contributed by atoms with E-state index >= 15 is 0 Å². The number of carboxylic acid groups (broad SMARTS) is 1. The van der Waals surface area contributed by atoms with Crippen LogP contribution in [0.15, 0.2) is 0 Å². The van der Waals surface area contributed by atoms with E-state index < -0.39 is 18.1 Å². The van der Waals surface area contributed by atoms with Crippen LogP contribution in [0.3, 0.4) is 0 Å². The fourth-order valence-corrected chi connectivity index (χ4v) is 5.89. The summed E-state index contributed by atoms with van der Waals surface area (Å²) in [7, 11) is 5.39. The van der Waals surface area contributed by atoms with Crippen molar-refractivity contribution >= 4 is 17.9 Å². The van der Waals surface area contributed by atoms with Crippen LogP contribution < -0.4 is 5.11 Å². The van der Waals surface area contributed by atoms with Crippen molar-refractivity contribution in [1.29, 1.82) is 0 Å². The number of nitrogens with zero attached hydrogens (tertiary/aromatic N) is 1. The molecule has 0 saturated heterocycles. The number of likely N-dealkylation sites (N-methyl/N-ethyl adjacent to an activating group) is 1. The second-order valence-corrected chi connectivity index (χ2v) is 14.5. The molecule has 0 aliphatic heterocycles. The minimum absolute atomic E-state index is 0.0458. The first kappa shape index (κ1) is 45.3. The van der Waals surface area contributed by atoms with Crippen LogP contribution in [0.5, 0.6) is 0 Å². The first-order valence-electron chi connectivity index (χ1n) is 19.6. The van der Waals surface area contributed by atoms with Crippen molar-refractivity contribution in [3.05, 3.63) is 0 Å². The second kappa shape index (κ2) is 31.6. The molecule has 0 aromatic heterocycles. The van der Waals surface area contributed by atoms with E-state index in [9.17, 15) is 19.5 Å². The summed E-state index contributed by atoms with van der Waals surface area (Å²) in [5.41, 5.74) is 0. The minimum atomic E-state index is -1.13. The number of unbranched alkanes of at least 4 members (excludes halogenated alkanes) is 21. The van der Waals surface area contributed by atoms with Gasteiger partial charge in [0.15, 0.2) is 6.10 Å². The van der Waals surface area contributed by atoms with Gasteiger partial charge in [0.1, 0.15) is 12.6 Å². The molecule has 0 saturated carbocycles. The lowest BCUT2D eigenvalue weighted by atomic mass is 10.0. The van der Waals surface area contributed by atoms with E-state index in [0.29, 0.717) is 12.8 Å². The number of carbonyl (C=O) groups excluding carboxylic acids is 3. The van der Waals surface area contributed by atoms with Gasteiger partial charge < -0.3 is 28.6 Å². The number of aliphatic carboxylic acids is 1. The molecule has 0 N–H and O–H groups in total. The van der Waals surface area contributed by atoms with Gasteiger partial charge in [-0.05, 0) is 12.8 Å². The van der Waals surface area contributed by atoms with Crippen LogP contribution in [-0.2, 0) is 28.6 Å². The molecule has 0 aromatic rings. The highest BCUT2D eigenvalue weighted by molar-refractivity contribution is 5.70. The van der Waals surface area contributed by atoms with Crippen LogP contribution >= 0.6 is 0 Å². The van der Waals surface area contributed by atoms with E-state index in [1.165, 1.54) is 109 Å². The van der Waals surface area contributed by atoms with Crippen molar-refractivity contribution in [2.24, 2.45) is 0 Å². The maximum Gasteiger partial charge on any atom is 0.306 e. The molecule has 2 unspecified atom stereocenters. The largest absolute Gasteiger partial charge is 0.544 e. The Balaban J connectivity index is 4.03. The molecule has 47 heavy (non-hydrogen) atoms. The van der Waals surface area contributed by atoms with E-state index in [0.717, 1.165) is 38.5 Å².